The van der Waals surface area contributed by atoms with Gasteiger partial charge in [0.25, 0.3) is 0 Å². The van der Waals surface area contributed by atoms with E-state index in [0.29, 0.717) is 24.2 Å². The fourth-order valence-electron chi connectivity index (χ4n) is 2.84. The number of nitrogens with one attached hydrogen (secondary N) is 1. The summed E-state index contributed by atoms with van der Waals surface area (Å²) in [6, 6.07) is 2.89. The van der Waals surface area contributed by atoms with Gasteiger partial charge < -0.3 is 5.32 Å². The van der Waals surface area contributed by atoms with Gasteiger partial charge in [-0.15, -0.1) is 0 Å². The Balaban J connectivity index is 2.44. The molecular formula is C15H23FN2O2S. The SMILES string of the molecule is CNCc1cc(S(=O)(=O)N2CCCCC2C)cc(C)c1F. The van der Waals surface area contributed by atoms with Crippen molar-refractivity contribution in [2.75, 3.05) is 13.6 Å². The van der Waals surface area contributed by atoms with E-state index in [9.17, 15) is 12.8 Å². The molecule has 0 amide bonds. The highest BCUT2D eigenvalue weighted by molar-refractivity contribution is 7.89. The van der Waals surface area contributed by atoms with E-state index in [1.165, 1.54) is 12.1 Å². The van der Waals surface area contributed by atoms with Crippen LogP contribution in [0.15, 0.2) is 17.0 Å². The zero-order valence-corrected chi connectivity index (χ0v) is 13.6. The second-order valence-electron chi connectivity index (χ2n) is 5.70. The van der Waals surface area contributed by atoms with E-state index in [1.807, 2.05) is 6.92 Å². The van der Waals surface area contributed by atoms with Crippen LogP contribution in [0.25, 0.3) is 0 Å². The Kier molecular flexibility index (Phi) is 5.01. The number of benzene rings is 1. The van der Waals surface area contributed by atoms with Crippen molar-refractivity contribution in [3.63, 3.8) is 0 Å². The number of piperidine rings is 1. The lowest BCUT2D eigenvalue weighted by molar-refractivity contribution is 0.268. The Morgan fingerprint density at radius 1 is 1.38 bits per heavy atom. The summed E-state index contributed by atoms with van der Waals surface area (Å²) in [6.07, 6.45) is 2.82. The number of hydrogen-bond acceptors (Lipinski definition) is 3. The molecule has 1 aromatic carbocycles. The first-order chi connectivity index (χ1) is 9.87. The van der Waals surface area contributed by atoms with Gasteiger partial charge in [0, 0.05) is 24.7 Å². The smallest absolute Gasteiger partial charge is 0.243 e. The molecule has 0 aliphatic carbocycles. The average molecular weight is 314 g/mol. The molecule has 6 heteroatoms. The van der Waals surface area contributed by atoms with Crippen molar-refractivity contribution in [3.8, 4) is 0 Å². The van der Waals surface area contributed by atoms with Crippen molar-refractivity contribution in [2.24, 2.45) is 0 Å². The molecule has 0 radical (unpaired) electrons. The second kappa shape index (κ2) is 6.42. The first-order valence-electron chi connectivity index (χ1n) is 7.33. The first-order valence-corrected chi connectivity index (χ1v) is 8.77. The Labute approximate surface area is 126 Å². The quantitative estimate of drug-likeness (QED) is 0.928. The van der Waals surface area contributed by atoms with Crippen molar-refractivity contribution < 1.29 is 12.8 Å². The van der Waals surface area contributed by atoms with Crippen LogP contribution in [0.2, 0.25) is 0 Å². The number of sulfonamides is 1. The fraction of sp³-hybridized carbons (Fsp3) is 0.600. The third-order valence-corrected chi connectivity index (χ3v) is 6.01. The molecule has 0 spiro atoms. The summed E-state index contributed by atoms with van der Waals surface area (Å²) >= 11 is 0. The van der Waals surface area contributed by atoms with Gasteiger partial charge in [0.1, 0.15) is 5.82 Å². The van der Waals surface area contributed by atoms with E-state index in [2.05, 4.69) is 5.32 Å². The van der Waals surface area contributed by atoms with Gasteiger partial charge in [-0.05, 0) is 51.4 Å². The highest BCUT2D eigenvalue weighted by Crippen LogP contribution is 2.27. The normalized spacial score (nSPS) is 20.7. The van der Waals surface area contributed by atoms with Crippen molar-refractivity contribution in [3.05, 3.63) is 29.1 Å². The highest BCUT2D eigenvalue weighted by Gasteiger charge is 2.31. The molecule has 1 aromatic rings. The van der Waals surface area contributed by atoms with E-state index in [1.54, 1.807) is 18.3 Å². The van der Waals surface area contributed by atoms with E-state index in [4.69, 9.17) is 0 Å². The van der Waals surface area contributed by atoms with E-state index in [0.717, 1.165) is 19.3 Å². The van der Waals surface area contributed by atoms with Crippen LogP contribution >= 0.6 is 0 Å². The molecule has 0 bridgehead atoms. The number of rotatable bonds is 4. The monoisotopic (exact) mass is 314 g/mol. The zero-order chi connectivity index (χ0) is 15.6. The first kappa shape index (κ1) is 16.4. The van der Waals surface area contributed by atoms with Gasteiger partial charge in [-0.2, -0.15) is 4.31 Å². The summed E-state index contributed by atoms with van der Waals surface area (Å²) in [4.78, 5) is 0.195. The van der Waals surface area contributed by atoms with Gasteiger partial charge in [0.2, 0.25) is 10.0 Å². The molecule has 1 saturated heterocycles. The number of halogens is 1. The summed E-state index contributed by atoms with van der Waals surface area (Å²) in [5.74, 6) is -0.338. The van der Waals surface area contributed by atoms with Crippen LogP contribution in [0, 0.1) is 12.7 Å². The van der Waals surface area contributed by atoms with Crippen LogP contribution < -0.4 is 5.32 Å². The molecule has 1 heterocycles. The lowest BCUT2D eigenvalue weighted by Gasteiger charge is -2.32. The maximum Gasteiger partial charge on any atom is 0.243 e. The summed E-state index contributed by atoms with van der Waals surface area (Å²) in [7, 11) is -1.84. The average Bonchev–Trinajstić information content (AvgIpc) is 2.44. The van der Waals surface area contributed by atoms with Crippen LogP contribution in [0.1, 0.15) is 37.3 Å². The summed E-state index contributed by atoms with van der Waals surface area (Å²) in [5.41, 5.74) is 0.756. The van der Waals surface area contributed by atoms with Gasteiger partial charge in [-0.3, -0.25) is 0 Å². The molecule has 1 fully saturated rings. The van der Waals surface area contributed by atoms with Crippen LogP contribution in [0.3, 0.4) is 0 Å². The standard InChI is InChI=1S/C15H23FN2O2S/c1-11-8-14(9-13(10-17-3)15(11)16)21(19,20)18-7-5-4-6-12(18)2/h8-9,12,17H,4-7,10H2,1-3H3. The maximum absolute atomic E-state index is 14.0. The van der Waals surface area contributed by atoms with Gasteiger partial charge in [-0.1, -0.05) is 6.42 Å². The molecule has 1 aliphatic heterocycles. The molecule has 21 heavy (non-hydrogen) atoms. The predicted molar refractivity (Wildman–Crippen MR) is 81.1 cm³/mol. The van der Waals surface area contributed by atoms with Gasteiger partial charge in [0.05, 0.1) is 4.90 Å². The number of nitrogens with zero attached hydrogens (tertiary/aromatic N) is 1. The molecular weight excluding hydrogens is 291 g/mol. The zero-order valence-electron chi connectivity index (χ0n) is 12.8. The largest absolute Gasteiger partial charge is 0.316 e. The fourth-order valence-corrected chi connectivity index (χ4v) is 4.68. The molecule has 1 N–H and O–H groups in total. The molecule has 0 aromatic heterocycles. The van der Waals surface area contributed by atoms with Crippen molar-refractivity contribution >= 4 is 10.0 Å². The molecule has 2 rings (SSSR count). The van der Waals surface area contributed by atoms with Gasteiger partial charge in [0.15, 0.2) is 0 Å². The summed E-state index contributed by atoms with van der Waals surface area (Å²) in [6.45, 7) is 4.39. The Bertz CT molecular complexity index is 616. The van der Waals surface area contributed by atoms with Crippen molar-refractivity contribution in [1.82, 2.24) is 9.62 Å². The minimum absolute atomic E-state index is 0.00172. The van der Waals surface area contributed by atoms with Crippen molar-refractivity contribution in [2.45, 2.75) is 50.6 Å². The summed E-state index contributed by atoms with van der Waals surface area (Å²) < 4.78 is 41.2. The second-order valence-corrected chi connectivity index (χ2v) is 7.59. The topological polar surface area (TPSA) is 49.4 Å². The van der Waals surface area contributed by atoms with Crippen LogP contribution in [-0.2, 0) is 16.6 Å². The minimum Gasteiger partial charge on any atom is -0.316 e. The minimum atomic E-state index is -3.55. The van der Waals surface area contributed by atoms with Crippen LogP contribution in [0.5, 0.6) is 0 Å². The van der Waals surface area contributed by atoms with Gasteiger partial charge in [-0.25, -0.2) is 12.8 Å². The third kappa shape index (κ3) is 3.27. The van der Waals surface area contributed by atoms with E-state index < -0.39 is 10.0 Å². The molecule has 4 nitrogen and oxygen atoms in total. The molecule has 1 aliphatic rings. The highest BCUT2D eigenvalue weighted by atomic mass is 32.2. The maximum atomic E-state index is 14.0. The Hall–Kier alpha value is -0.980. The Morgan fingerprint density at radius 3 is 2.71 bits per heavy atom. The lowest BCUT2D eigenvalue weighted by atomic mass is 10.1. The molecule has 1 atom stereocenters. The van der Waals surface area contributed by atoms with Gasteiger partial charge >= 0.3 is 0 Å². The predicted octanol–water partition coefficient (Wildman–Crippen LogP) is 2.42. The molecule has 0 saturated carbocycles. The van der Waals surface area contributed by atoms with Crippen molar-refractivity contribution in [1.29, 1.82) is 0 Å². The summed E-state index contributed by atoms with van der Waals surface area (Å²) in [5, 5.41) is 2.87. The third-order valence-electron chi connectivity index (χ3n) is 4.02. The van der Waals surface area contributed by atoms with E-state index in [-0.39, 0.29) is 16.8 Å². The number of aryl methyl sites for hydroxylation is 1. The molecule has 1 unspecified atom stereocenters. The van der Waals surface area contributed by atoms with Crippen LogP contribution in [-0.4, -0.2) is 32.4 Å². The molecule has 118 valence electrons. The number of hydrogen-bond donors (Lipinski definition) is 1. The van der Waals surface area contributed by atoms with Crippen LogP contribution in [0.4, 0.5) is 4.39 Å². The lowest BCUT2D eigenvalue weighted by Crippen LogP contribution is -2.42. The Morgan fingerprint density at radius 2 is 2.10 bits per heavy atom. The van der Waals surface area contributed by atoms with E-state index >= 15 is 0 Å².